The maximum Gasteiger partial charge on any atom is 0.237 e. The lowest BCUT2D eigenvalue weighted by Gasteiger charge is -2.25. The molecule has 0 spiro atoms. The van der Waals surface area contributed by atoms with E-state index in [4.69, 9.17) is 13.8 Å². The number of ether oxygens (including phenoxy) is 1. The normalized spacial score (nSPS) is 16.2. The van der Waals surface area contributed by atoms with Gasteiger partial charge >= 0.3 is 0 Å². The molecule has 2 aromatic heterocycles. The fourth-order valence-electron chi connectivity index (χ4n) is 3.59. The number of benzene rings is 1. The number of aryl methyl sites for hydroxylation is 1. The lowest BCUT2D eigenvalue weighted by molar-refractivity contribution is 0.309. The highest BCUT2D eigenvalue weighted by molar-refractivity contribution is 5.37. The smallest absolute Gasteiger partial charge is 0.237 e. The van der Waals surface area contributed by atoms with E-state index >= 15 is 0 Å². The molecular weight excluding hydrogens is 320 g/mol. The predicted molar refractivity (Wildman–Crippen MR) is 88.4 cm³/mol. The van der Waals surface area contributed by atoms with E-state index in [1.807, 2.05) is 12.1 Å². The maximum atomic E-state index is 5.66. The molecule has 4 rings (SSSR count). The summed E-state index contributed by atoms with van der Waals surface area (Å²) in [4.78, 5) is 8.85. The Bertz CT molecular complexity index is 847. The molecule has 2 heterocycles. The molecule has 0 radical (unpaired) electrons. The zero-order valence-corrected chi connectivity index (χ0v) is 14.4. The van der Waals surface area contributed by atoms with Crippen molar-refractivity contribution in [1.82, 2.24) is 20.3 Å². The second-order valence-corrected chi connectivity index (χ2v) is 6.44. The molecule has 130 valence electrons. The van der Waals surface area contributed by atoms with Crippen molar-refractivity contribution < 1.29 is 13.8 Å². The van der Waals surface area contributed by atoms with E-state index in [-0.39, 0.29) is 5.41 Å². The topological polar surface area (TPSA) is 87.1 Å². The highest BCUT2D eigenvalue weighted by Gasteiger charge is 2.42. The standard InChI is InChI=1S/C18H20N4O3/c1-12-19-15(21-24-12)11-16-20-17(25-22-16)18(9-3-4-10-18)13-5-7-14(23-2)8-6-13/h5-8H,3-4,9-11H2,1-2H3. The van der Waals surface area contributed by atoms with Crippen molar-refractivity contribution in [2.75, 3.05) is 7.11 Å². The van der Waals surface area contributed by atoms with Gasteiger partial charge in [-0.25, -0.2) is 0 Å². The lowest BCUT2D eigenvalue weighted by Crippen LogP contribution is -2.24. The van der Waals surface area contributed by atoms with Gasteiger partial charge in [-0.1, -0.05) is 35.3 Å². The van der Waals surface area contributed by atoms with Crippen LogP contribution < -0.4 is 4.74 Å². The first-order chi connectivity index (χ1) is 12.2. The first-order valence-corrected chi connectivity index (χ1v) is 8.46. The number of nitrogens with zero attached hydrogens (tertiary/aromatic N) is 4. The molecule has 0 amide bonds. The summed E-state index contributed by atoms with van der Waals surface area (Å²) in [6.45, 7) is 1.76. The van der Waals surface area contributed by atoms with Gasteiger partial charge in [-0.2, -0.15) is 9.97 Å². The van der Waals surface area contributed by atoms with Crippen molar-refractivity contribution in [2.45, 2.75) is 44.4 Å². The number of rotatable bonds is 5. The van der Waals surface area contributed by atoms with E-state index in [1.165, 1.54) is 5.56 Å². The van der Waals surface area contributed by atoms with Crippen molar-refractivity contribution in [3.05, 3.63) is 53.3 Å². The van der Waals surface area contributed by atoms with Crippen LogP contribution in [0.3, 0.4) is 0 Å². The molecule has 1 aromatic carbocycles. The van der Waals surface area contributed by atoms with Gasteiger partial charge in [-0.05, 0) is 30.5 Å². The first-order valence-electron chi connectivity index (χ1n) is 8.46. The molecule has 0 aliphatic heterocycles. The Morgan fingerprint density at radius 1 is 1.00 bits per heavy atom. The molecule has 7 nitrogen and oxygen atoms in total. The zero-order chi connectivity index (χ0) is 17.3. The summed E-state index contributed by atoms with van der Waals surface area (Å²) in [7, 11) is 1.67. The molecule has 3 aromatic rings. The molecule has 0 unspecified atom stereocenters. The second-order valence-electron chi connectivity index (χ2n) is 6.44. The summed E-state index contributed by atoms with van der Waals surface area (Å²) >= 11 is 0. The summed E-state index contributed by atoms with van der Waals surface area (Å²) in [6.07, 6.45) is 4.70. The Kier molecular flexibility index (Phi) is 3.99. The van der Waals surface area contributed by atoms with Crippen molar-refractivity contribution in [1.29, 1.82) is 0 Å². The summed E-state index contributed by atoms with van der Waals surface area (Å²) in [5.41, 5.74) is 0.974. The summed E-state index contributed by atoms with van der Waals surface area (Å²) < 4.78 is 15.9. The highest BCUT2D eigenvalue weighted by Crippen LogP contribution is 2.46. The molecule has 0 atom stereocenters. The van der Waals surface area contributed by atoms with Gasteiger partial charge in [0, 0.05) is 6.92 Å². The van der Waals surface area contributed by atoms with Crippen molar-refractivity contribution in [3.8, 4) is 5.75 Å². The summed E-state index contributed by atoms with van der Waals surface area (Å²) in [6, 6.07) is 8.15. The SMILES string of the molecule is COc1ccc(C2(c3nc(Cc4noc(C)n4)no3)CCCC2)cc1. The minimum Gasteiger partial charge on any atom is -0.497 e. The van der Waals surface area contributed by atoms with Gasteiger partial charge in [0.15, 0.2) is 11.6 Å². The Balaban J connectivity index is 1.64. The highest BCUT2D eigenvalue weighted by atomic mass is 16.5. The minimum absolute atomic E-state index is 0.218. The number of hydrogen-bond acceptors (Lipinski definition) is 7. The van der Waals surface area contributed by atoms with Crippen molar-refractivity contribution in [3.63, 3.8) is 0 Å². The van der Waals surface area contributed by atoms with Gasteiger partial charge in [0.2, 0.25) is 11.8 Å². The fourth-order valence-corrected chi connectivity index (χ4v) is 3.59. The number of methoxy groups -OCH3 is 1. The van der Waals surface area contributed by atoms with Crippen molar-refractivity contribution in [2.24, 2.45) is 0 Å². The molecule has 1 aliphatic rings. The Morgan fingerprint density at radius 2 is 1.68 bits per heavy atom. The summed E-state index contributed by atoms with van der Waals surface area (Å²) in [5, 5.41) is 8.03. The minimum atomic E-state index is -0.218. The Morgan fingerprint density at radius 3 is 2.32 bits per heavy atom. The van der Waals surface area contributed by atoms with Crippen LogP contribution in [0.2, 0.25) is 0 Å². The molecule has 1 fully saturated rings. The number of hydrogen-bond donors (Lipinski definition) is 0. The van der Waals surface area contributed by atoms with E-state index < -0.39 is 0 Å². The molecule has 7 heteroatoms. The summed E-state index contributed by atoms with van der Waals surface area (Å²) in [5.74, 6) is 3.19. The molecule has 0 N–H and O–H groups in total. The van der Waals surface area contributed by atoms with Crippen LogP contribution in [0.5, 0.6) is 5.75 Å². The average Bonchev–Trinajstić information content (AvgIpc) is 3.37. The van der Waals surface area contributed by atoms with E-state index in [2.05, 4.69) is 32.4 Å². The van der Waals surface area contributed by atoms with Gasteiger partial charge in [0.1, 0.15) is 5.75 Å². The molecule has 0 saturated heterocycles. The van der Waals surface area contributed by atoms with Crippen LogP contribution in [0.1, 0.15) is 54.7 Å². The van der Waals surface area contributed by atoms with Gasteiger partial charge in [0.25, 0.3) is 0 Å². The average molecular weight is 340 g/mol. The van der Waals surface area contributed by atoms with Crippen LogP contribution in [-0.4, -0.2) is 27.4 Å². The zero-order valence-electron chi connectivity index (χ0n) is 14.4. The van der Waals surface area contributed by atoms with Gasteiger partial charge in [0.05, 0.1) is 18.9 Å². The third kappa shape index (κ3) is 2.90. The van der Waals surface area contributed by atoms with Crippen LogP contribution >= 0.6 is 0 Å². The molecular formula is C18H20N4O3. The Hall–Kier alpha value is -2.70. The third-order valence-corrected chi connectivity index (χ3v) is 4.86. The monoisotopic (exact) mass is 340 g/mol. The van der Waals surface area contributed by atoms with E-state index in [0.717, 1.165) is 31.4 Å². The van der Waals surface area contributed by atoms with Crippen LogP contribution in [0.25, 0.3) is 0 Å². The van der Waals surface area contributed by atoms with Crippen LogP contribution in [-0.2, 0) is 11.8 Å². The second kappa shape index (κ2) is 6.31. The van der Waals surface area contributed by atoms with Gasteiger partial charge < -0.3 is 13.8 Å². The molecule has 0 bridgehead atoms. The van der Waals surface area contributed by atoms with E-state index in [1.54, 1.807) is 14.0 Å². The molecule has 25 heavy (non-hydrogen) atoms. The first kappa shape index (κ1) is 15.8. The van der Waals surface area contributed by atoms with Crippen LogP contribution in [0.4, 0.5) is 0 Å². The van der Waals surface area contributed by atoms with E-state index in [9.17, 15) is 0 Å². The quantitative estimate of drug-likeness (QED) is 0.704. The lowest BCUT2D eigenvalue weighted by atomic mass is 9.78. The van der Waals surface area contributed by atoms with Crippen LogP contribution in [0, 0.1) is 6.92 Å². The van der Waals surface area contributed by atoms with Gasteiger partial charge in [-0.3, -0.25) is 0 Å². The molecule has 1 aliphatic carbocycles. The predicted octanol–water partition coefficient (Wildman–Crippen LogP) is 3.22. The van der Waals surface area contributed by atoms with Crippen LogP contribution in [0.15, 0.2) is 33.3 Å². The third-order valence-electron chi connectivity index (χ3n) is 4.86. The molecule has 1 saturated carbocycles. The fraction of sp³-hybridized carbons (Fsp3) is 0.444. The van der Waals surface area contributed by atoms with Crippen molar-refractivity contribution >= 4 is 0 Å². The van der Waals surface area contributed by atoms with Gasteiger partial charge in [-0.15, -0.1) is 0 Å². The Labute approximate surface area is 145 Å². The largest absolute Gasteiger partial charge is 0.497 e. The van der Waals surface area contributed by atoms with E-state index in [0.29, 0.717) is 29.9 Å². The maximum absolute atomic E-state index is 5.66. The number of aromatic nitrogens is 4.